The van der Waals surface area contributed by atoms with Gasteiger partial charge in [0.2, 0.25) is 0 Å². The Kier molecular flexibility index (Phi) is 4.93. The van der Waals surface area contributed by atoms with E-state index >= 15 is 0 Å². The molecule has 2 N–H and O–H groups in total. The van der Waals surface area contributed by atoms with Crippen molar-refractivity contribution in [3.8, 4) is 9.85 Å². The summed E-state index contributed by atoms with van der Waals surface area (Å²) in [6, 6.07) is 8.83. The van der Waals surface area contributed by atoms with E-state index < -0.39 is 6.09 Å². The fourth-order valence-electron chi connectivity index (χ4n) is 0.889. The minimum absolute atomic E-state index is 0.0440. The highest BCUT2D eigenvalue weighted by Gasteiger charge is 2.11. The Morgan fingerprint density at radius 1 is 1.47 bits per heavy atom. The first-order valence-electron chi connectivity index (χ1n) is 4.11. The summed E-state index contributed by atoms with van der Waals surface area (Å²) in [5.41, 5.74) is 0.574. The van der Waals surface area contributed by atoms with Gasteiger partial charge in [0.25, 0.3) is 0 Å². The molecule has 0 bridgehead atoms. The second-order valence-electron chi connectivity index (χ2n) is 2.53. The highest BCUT2D eigenvalue weighted by atomic mass is 127. The first kappa shape index (κ1) is 11.8. The van der Waals surface area contributed by atoms with Crippen LogP contribution >= 0.6 is 22.6 Å². The molecule has 0 heterocycles. The number of hydrazine groups is 1. The number of ether oxygens (including phenoxy) is 1. The Balaban J connectivity index is 2.56. The Bertz CT molecular complexity index is 383. The number of benzene rings is 1. The van der Waals surface area contributed by atoms with E-state index in [1.165, 1.54) is 0 Å². The van der Waals surface area contributed by atoms with Crippen LogP contribution in [0.3, 0.4) is 0 Å². The predicted octanol–water partition coefficient (Wildman–Crippen LogP) is 1.90. The van der Waals surface area contributed by atoms with Crippen LogP contribution in [0.15, 0.2) is 30.3 Å². The summed E-state index contributed by atoms with van der Waals surface area (Å²) in [5.74, 6) is 8.13. The number of rotatable bonds is 2. The summed E-state index contributed by atoms with van der Waals surface area (Å²) < 4.78 is 7.37. The fraction of sp³-hybridized carbons (Fsp3) is 0.100. The summed E-state index contributed by atoms with van der Waals surface area (Å²) >= 11 is 1.87. The number of nitrogens with zero attached hydrogens (tertiary/aromatic N) is 1. The third-order valence-electron chi connectivity index (χ3n) is 1.57. The third-order valence-corrected chi connectivity index (χ3v) is 1.95. The predicted molar refractivity (Wildman–Crippen MR) is 66.3 cm³/mol. The van der Waals surface area contributed by atoms with Crippen molar-refractivity contribution >= 4 is 34.4 Å². The number of carbonyl (C=O) groups excluding carboxylic acids is 1. The largest absolute Gasteiger partial charge is 0.435 e. The van der Waals surface area contributed by atoms with Gasteiger partial charge in [0.1, 0.15) is 0 Å². The maximum atomic E-state index is 11.3. The SMILES string of the molecule is NN(C(=O)OCC#CI)c1ccccc1. The van der Waals surface area contributed by atoms with E-state index in [1.807, 2.05) is 28.7 Å². The molecule has 0 radical (unpaired) electrons. The Morgan fingerprint density at radius 2 is 2.13 bits per heavy atom. The lowest BCUT2D eigenvalue weighted by atomic mass is 10.3. The maximum Gasteiger partial charge on any atom is 0.429 e. The Morgan fingerprint density at radius 3 is 2.73 bits per heavy atom. The molecule has 0 saturated carbocycles. The van der Waals surface area contributed by atoms with Crippen molar-refractivity contribution < 1.29 is 9.53 Å². The number of amides is 1. The summed E-state index contributed by atoms with van der Waals surface area (Å²) in [4.78, 5) is 11.3. The van der Waals surface area contributed by atoms with Crippen molar-refractivity contribution in [3.05, 3.63) is 30.3 Å². The highest BCUT2D eigenvalue weighted by molar-refractivity contribution is 14.1. The van der Waals surface area contributed by atoms with E-state index in [9.17, 15) is 4.79 Å². The van der Waals surface area contributed by atoms with Crippen molar-refractivity contribution in [2.45, 2.75) is 0 Å². The normalized spacial score (nSPS) is 8.67. The smallest absolute Gasteiger partial charge is 0.429 e. The lowest BCUT2D eigenvalue weighted by Crippen LogP contribution is -2.37. The van der Waals surface area contributed by atoms with Crippen molar-refractivity contribution in [1.82, 2.24) is 0 Å². The lowest BCUT2D eigenvalue weighted by molar-refractivity contribution is 0.168. The molecule has 1 aromatic carbocycles. The van der Waals surface area contributed by atoms with Crippen LogP contribution in [0.2, 0.25) is 0 Å². The topological polar surface area (TPSA) is 55.6 Å². The average molecular weight is 316 g/mol. The minimum atomic E-state index is -0.625. The van der Waals surface area contributed by atoms with Crippen LogP contribution in [0.4, 0.5) is 10.5 Å². The average Bonchev–Trinajstić information content (AvgIpc) is 2.29. The van der Waals surface area contributed by atoms with Gasteiger partial charge in [-0.2, -0.15) is 0 Å². The molecule has 0 spiro atoms. The molecule has 0 aliphatic carbocycles. The summed E-state index contributed by atoms with van der Waals surface area (Å²) in [6.45, 7) is 0.0440. The van der Waals surface area contributed by atoms with E-state index in [2.05, 4.69) is 9.85 Å². The molecule has 4 nitrogen and oxygen atoms in total. The number of anilines is 1. The van der Waals surface area contributed by atoms with E-state index in [0.717, 1.165) is 5.01 Å². The van der Waals surface area contributed by atoms with Crippen LogP contribution in [0, 0.1) is 9.85 Å². The zero-order valence-corrected chi connectivity index (χ0v) is 9.97. The second kappa shape index (κ2) is 6.27. The zero-order chi connectivity index (χ0) is 11.1. The molecule has 15 heavy (non-hydrogen) atoms. The quantitative estimate of drug-likeness (QED) is 0.298. The summed E-state index contributed by atoms with van der Waals surface area (Å²) in [5, 5.41) is 0.939. The van der Waals surface area contributed by atoms with Gasteiger partial charge in [-0.3, -0.25) is 0 Å². The van der Waals surface area contributed by atoms with Gasteiger partial charge in [-0.25, -0.2) is 15.6 Å². The van der Waals surface area contributed by atoms with Gasteiger partial charge in [-0.15, -0.1) is 0 Å². The molecule has 78 valence electrons. The maximum absolute atomic E-state index is 11.3. The van der Waals surface area contributed by atoms with Crippen LogP contribution in [0.5, 0.6) is 0 Å². The molecule has 0 atom stereocenters. The number of halogens is 1. The standard InChI is InChI=1S/C10H9IN2O2/c11-7-4-8-15-10(14)13(12)9-5-2-1-3-6-9/h1-3,5-6H,8,12H2. The van der Waals surface area contributed by atoms with Gasteiger partial charge in [0.05, 0.1) is 5.69 Å². The van der Waals surface area contributed by atoms with Crippen molar-refractivity contribution in [1.29, 1.82) is 0 Å². The molecule has 1 aromatic rings. The van der Waals surface area contributed by atoms with Gasteiger partial charge in [-0.1, -0.05) is 24.1 Å². The van der Waals surface area contributed by atoms with Gasteiger partial charge in [0, 0.05) is 22.6 Å². The van der Waals surface area contributed by atoms with Gasteiger partial charge in [-0.05, 0) is 16.1 Å². The number of hydrogen-bond donors (Lipinski definition) is 1. The minimum Gasteiger partial charge on any atom is -0.435 e. The van der Waals surface area contributed by atoms with Crippen molar-refractivity contribution in [3.63, 3.8) is 0 Å². The molecule has 0 aliphatic rings. The summed E-state index contributed by atoms with van der Waals surface area (Å²) in [7, 11) is 0. The van der Waals surface area contributed by atoms with Crippen molar-refractivity contribution in [2.75, 3.05) is 11.6 Å². The summed E-state index contributed by atoms with van der Waals surface area (Å²) in [6.07, 6.45) is -0.625. The first-order valence-corrected chi connectivity index (χ1v) is 5.18. The zero-order valence-electron chi connectivity index (χ0n) is 7.81. The van der Waals surface area contributed by atoms with E-state index in [1.54, 1.807) is 24.3 Å². The number of carbonyl (C=O) groups is 1. The molecule has 0 fully saturated rings. The molecule has 5 heteroatoms. The molecular weight excluding hydrogens is 307 g/mol. The Hall–Kier alpha value is -1.26. The molecular formula is C10H9IN2O2. The Labute approximate surface area is 101 Å². The van der Waals surface area contributed by atoms with Crippen LogP contribution in [0.25, 0.3) is 0 Å². The van der Waals surface area contributed by atoms with Crippen LogP contribution in [-0.2, 0) is 4.74 Å². The van der Waals surface area contributed by atoms with Crippen LogP contribution < -0.4 is 10.9 Å². The molecule has 1 rings (SSSR count). The van der Waals surface area contributed by atoms with Crippen LogP contribution in [-0.4, -0.2) is 12.7 Å². The van der Waals surface area contributed by atoms with Gasteiger partial charge in [0.15, 0.2) is 6.61 Å². The number of para-hydroxylation sites is 1. The fourth-order valence-corrected chi connectivity index (χ4v) is 1.04. The highest BCUT2D eigenvalue weighted by Crippen LogP contribution is 2.09. The molecule has 1 amide bonds. The van der Waals surface area contributed by atoms with E-state index in [-0.39, 0.29) is 6.61 Å². The van der Waals surface area contributed by atoms with Gasteiger partial charge >= 0.3 is 6.09 Å². The molecule has 0 saturated heterocycles. The van der Waals surface area contributed by atoms with E-state index in [0.29, 0.717) is 5.69 Å². The molecule has 0 aliphatic heterocycles. The number of hydrogen-bond acceptors (Lipinski definition) is 3. The van der Waals surface area contributed by atoms with E-state index in [4.69, 9.17) is 10.6 Å². The van der Waals surface area contributed by atoms with Crippen molar-refractivity contribution in [2.24, 2.45) is 5.84 Å². The van der Waals surface area contributed by atoms with Gasteiger partial charge < -0.3 is 4.74 Å². The second-order valence-corrected chi connectivity index (χ2v) is 3.07. The number of nitrogens with two attached hydrogens (primary N) is 1. The lowest BCUT2D eigenvalue weighted by Gasteiger charge is -2.14. The molecule has 0 aromatic heterocycles. The molecule has 0 unspecified atom stereocenters. The third kappa shape index (κ3) is 3.77. The first-order chi connectivity index (χ1) is 7.25. The van der Waals surface area contributed by atoms with Crippen LogP contribution in [0.1, 0.15) is 0 Å². The monoisotopic (exact) mass is 316 g/mol.